The number of amides is 1. The third-order valence-corrected chi connectivity index (χ3v) is 5.16. The first-order chi connectivity index (χ1) is 13.1. The summed E-state index contributed by atoms with van der Waals surface area (Å²) >= 11 is 1.42. The minimum Gasteiger partial charge on any atom is -0.497 e. The van der Waals surface area contributed by atoms with Crippen molar-refractivity contribution < 1.29 is 14.3 Å². The van der Waals surface area contributed by atoms with Crippen molar-refractivity contribution in [1.29, 1.82) is 0 Å². The van der Waals surface area contributed by atoms with Crippen molar-refractivity contribution in [2.24, 2.45) is 10.2 Å². The molecule has 0 aromatic heterocycles. The summed E-state index contributed by atoms with van der Waals surface area (Å²) in [6, 6.07) is 15.2. The number of hydrogen-bond acceptors (Lipinski definition) is 6. The van der Waals surface area contributed by atoms with Crippen LogP contribution >= 0.6 is 11.8 Å². The van der Waals surface area contributed by atoms with E-state index in [1.54, 1.807) is 25.3 Å². The third-order valence-electron chi connectivity index (χ3n) is 4.09. The Bertz CT molecular complexity index is 848. The van der Waals surface area contributed by atoms with E-state index in [0.717, 1.165) is 22.6 Å². The number of methoxy groups -OCH3 is 2. The summed E-state index contributed by atoms with van der Waals surface area (Å²) in [7, 11) is 3.25. The van der Waals surface area contributed by atoms with Gasteiger partial charge < -0.3 is 9.47 Å². The minimum atomic E-state index is -0.168. The Hall–Kier alpha value is -2.80. The molecule has 1 heterocycles. The van der Waals surface area contributed by atoms with E-state index in [1.165, 1.54) is 11.8 Å². The van der Waals surface area contributed by atoms with Gasteiger partial charge in [0.25, 0.3) is 0 Å². The average Bonchev–Trinajstić information content (AvgIpc) is 2.97. The van der Waals surface area contributed by atoms with E-state index in [2.05, 4.69) is 10.2 Å². The monoisotopic (exact) mass is 383 g/mol. The van der Waals surface area contributed by atoms with Crippen LogP contribution in [0.3, 0.4) is 0 Å². The Kier molecular flexibility index (Phi) is 6.13. The molecule has 140 valence electrons. The smallest absolute Gasteiger partial charge is 0.242 e. The topological polar surface area (TPSA) is 63.5 Å². The Morgan fingerprint density at radius 1 is 1.04 bits per heavy atom. The zero-order valence-corrected chi connectivity index (χ0v) is 16.3. The van der Waals surface area contributed by atoms with Crippen LogP contribution in [0, 0.1) is 0 Å². The van der Waals surface area contributed by atoms with E-state index in [0.29, 0.717) is 11.7 Å². The lowest BCUT2D eigenvalue weighted by molar-refractivity contribution is -0.126. The summed E-state index contributed by atoms with van der Waals surface area (Å²) in [6.07, 6.45) is 1.66. The van der Waals surface area contributed by atoms with Gasteiger partial charge in [0, 0.05) is 0 Å². The largest absolute Gasteiger partial charge is 0.497 e. The number of ether oxygens (including phenoxy) is 2. The fourth-order valence-corrected chi connectivity index (χ4v) is 3.48. The maximum absolute atomic E-state index is 12.5. The number of hydrogen-bond donors (Lipinski definition) is 0. The van der Waals surface area contributed by atoms with Crippen LogP contribution < -0.4 is 9.47 Å². The highest BCUT2D eigenvalue weighted by Gasteiger charge is 2.35. The zero-order valence-electron chi connectivity index (χ0n) is 15.5. The molecule has 6 nitrogen and oxygen atoms in total. The Labute approximate surface area is 162 Å². The second-order valence-electron chi connectivity index (χ2n) is 5.93. The fourth-order valence-electron chi connectivity index (χ4n) is 2.56. The van der Waals surface area contributed by atoms with Crippen molar-refractivity contribution in [2.75, 3.05) is 14.2 Å². The molecule has 2 aromatic rings. The molecule has 0 aliphatic carbocycles. The first-order valence-electron chi connectivity index (χ1n) is 8.46. The Balaban J connectivity index is 1.73. The van der Waals surface area contributed by atoms with Crippen LogP contribution in [0.1, 0.15) is 18.1 Å². The van der Waals surface area contributed by atoms with Crippen LogP contribution in [0.2, 0.25) is 0 Å². The first kappa shape index (κ1) is 19.0. The van der Waals surface area contributed by atoms with Crippen LogP contribution in [0.15, 0.2) is 58.7 Å². The van der Waals surface area contributed by atoms with Crippen LogP contribution in [0.25, 0.3) is 0 Å². The van der Waals surface area contributed by atoms with Gasteiger partial charge in [-0.05, 0) is 54.4 Å². The second kappa shape index (κ2) is 8.73. The molecule has 1 atom stereocenters. The molecule has 0 N–H and O–H groups in total. The molecule has 27 heavy (non-hydrogen) atoms. The number of benzene rings is 2. The highest BCUT2D eigenvalue weighted by Crippen LogP contribution is 2.28. The maximum Gasteiger partial charge on any atom is 0.242 e. The number of carbonyl (C=O) groups excluding carboxylic acids is 1. The van der Waals surface area contributed by atoms with Crippen molar-refractivity contribution in [3.8, 4) is 11.5 Å². The van der Waals surface area contributed by atoms with Gasteiger partial charge >= 0.3 is 0 Å². The molecule has 0 saturated carbocycles. The maximum atomic E-state index is 12.5. The number of rotatable bonds is 6. The molecule has 3 rings (SSSR count). The number of nitrogens with zero attached hydrogens (tertiary/aromatic N) is 3. The average molecular weight is 383 g/mol. The van der Waals surface area contributed by atoms with Crippen molar-refractivity contribution in [2.45, 2.75) is 18.7 Å². The zero-order chi connectivity index (χ0) is 19.2. The van der Waals surface area contributed by atoms with E-state index >= 15 is 0 Å². The van der Waals surface area contributed by atoms with E-state index in [1.807, 2.05) is 55.5 Å². The number of thioether (sulfide) groups is 1. The highest BCUT2D eigenvalue weighted by molar-refractivity contribution is 8.15. The van der Waals surface area contributed by atoms with Crippen LogP contribution in [-0.4, -0.2) is 41.7 Å². The van der Waals surface area contributed by atoms with E-state index in [-0.39, 0.29) is 11.2 Å². The fraction of sp³-hybridized carbons (Fsp3) is 0.250. The molecule has 1 fully saturated rings. The van der Waals surface area contributed by atoms with Crippen molar-refractivity contribution in [3.05, 3.63) is 59.7 Å². The van der Waals surface area contributed by atoms with Crippen molar-refractivity contribution >= 4 is 29.1 Å². The molecule has 0 bridgehead atoms. The molecule has 1 aliphatic rings. The van der Waals surface area contributed by atoms with Crippen molar-refractivity contribution in [1.82, 2.24) is 4.90 Å². The van der Waals surface area contributed by atoms with Gasteiger partial charge in [-0.2, -0.15) is 5.10 Å². The molecule has 7 heteroatoms. The standard InChI is InChI=1S/C20H21N3O3S/c1-14-19(24)23(13-16-6-10-18(26-3)11-7-16)20(27-14)22-21-12-15-4-8-17(25-2)9-5-15/h4-12,14H,13H2,1-3H3/b21-12-,22-20-/t14-/m1/s1. The normalized spacial score (nSPS) is 18.5. The lowest BCUT2D eigenvalue weighted by Crippen LogP contribution is -2.30. The summed E-state index contributed by atoms with van der Waals surface area (Å²) in [4.78, 5) is 14.1. The predicted molar refractivity (Wildman–Crippen MR) is 109 cm³/mol. The highest BCUT2D eigenvalue weighted by atomic mass is 32.2. The van der Waals surface area contributed by atoms with E-state index in [9.17, 15) is 4.79 Å². The molecule has 0 spiro atoms. The lowest BCUT2D eigenvalue weighted by Gasteiger charge is -2.15. The summed E-state index contributed by atoms with van der Waals surface area (Å²) in [5, 5.41) is 8.86. The predicted octanol–water partition coefficient (Wildman–Crippen LogP) is 3.56. The van der Waals surface area contributed by atoms with Crippen LogP contribution in [-0.2, 0) is 11.3 Å². The molecule has 1 aliphatic heterocycles. The van der Waals surface area contributed by atoms with Gasteiger partial charge in [0.15, 0.2) is 5.17 Å². The van der Waals surface area contributed by atoms with E-state index < -0.39 is 0 Å². The number of carbonyl (C=O) groups is 1. The van der Waals surface area contributed by atoms with Gasteiger partial charge in [-0.1, -0.05) is 23.9 Å². The van der Waals surface area contributed by atoms with E-state index in [4.69, 9.17) is 9.47 Å². The van der Waals surface area contributed by atoms with Gasteiger partial charge in [-0.15, -0.1) is 5.10 Å². The van der Waals surface area contributed by atoms with Gasteiger partial charge in [0.05, 0.1) is 32.2 Å². The second-order valence-corrected chi connectivity index (χ2v) is 7.24. The molecule has 2 aromatic carbocycles. The summed E-state index contributed by atoms with van der Waals surface area (Å²) in [5.74, 6) is 1.61. The minimum absolute atomic E-state index is 0.0363. The first-order valence-corrected chi connectivity index (χ1v) is 9.34. The quantitative estimate of drug-likeness (QED) is 0.565. The SMILES string of the molecule is COc1ccc(/C=N\N=C2/S[C@H](C)C(=O)N2Cc2ccc(OC)cc2)cc1. The van der Waals surface area contributed by atoms with Crippen molar-refractivity contribution in [3.63, 3.8) is 0 Å². The number of amidine groups is 1. The van der Waals surface area contributed by atoms with Crippen LogP contribution in [0.5, 0.6) is 11.5 Å². The molecule has 0 radical (unpaired) electrons. The molecule has 1 saturated heterocycles. The van der Waals surface area contributed by atoms with Gasteiger partial charge in [-0.25, -0.2) is 0 Å². The van der Waals surface area contributed by atoms with Gasteiger partial charge in [0.1, 0.15) is 11.5 Å². The summed E-state index contributed by atoms with van der Waals surface area (Å²) < 4.78 is 10.3. The summed E-state index contributed by atoms with van der Waals surface area (Å²) in [5.41, 5.74) is 1.91. The Morgan fingerprint density at radius 2 is 1.63 bits per heavy atom. The molecule has 0 unspecified atom stereocenters. The third kappa shape index (κ3) is 4.68. The lowest BCUT2D eigenvalue weighted by atomic mass is 10.2. The summed E-state index contributed by atoms with van der Waals surface area (Å²) in [6.45, 7) is 2.33. The molecule has 1 amide bonds. The molecular weight excluding hydrogens is 362 g/mol. The Morgan fingerprint density at radius 3 is 2.22 bits per heavy atom. The van der Waals surface area contributed by atoms with Gasteiger partial charge in [0.2, 0.25) is 5.91 Å². The molecular formula is C20H21N3O3S. The van der Waals surface area contributed by atoms with Gasteiger partial charge in [-0.3, -0.25) is 9.69 Å². The van der Waals surface area contributed by atoms with Crippen LogP contribution in [0.4, 0.5) is 0 Å².